The molecule has 0 radical (unpaired) electrons. The second-order valence-electron chi connectivity index (χ2n) is 17.4. The van der Waals surface area contributed by atoms with Gasteiger partial charge in [0.25, 0.3) is 5.91 Å². The fraction of sp³-hybridized carbons (Fsp3) is 0.333. The van der Waals surface area contributed by atoms with Gasteiger partial charge in [0, 0.05) is 60.4 Å². The molecule has 0 bridgehead atoms. The van der Waals surface area contributed by atoms with Crippen LogP contribution in [0.5, 0.6) is 0 Å². The van der Waals surface area contributed by atoms with Crippen molar-refractivity contribution in [3.63, 3.8) is 0 Å². The first-order valence-corrected chi connectivity index (χ1v) is 23.0. The average Bonchev–Trinajstić information content (AvgIpc) is 3.61. The number of primary amides is 1. The largest absolute Gasteiger partial charge is 0.370 e. The van der Waals surface area contributed by atoms with Crippen LogP contribution in [0.15, 0.2) is 120 Å². The van der Waals surface area contributed by atoms with Gasteiger partial charge in [0.15, 0.2) is 11.7 Å². The summed E-state index contributed by atoms with van der Waals surface area (Å²) in [5.41, 5.74) is 20.3. The average molecular weight is 923 g/mol. The van der Waals surface area contributed by atoms with Crippen molar-refractivity contribution in [2.75, 3.05) is 13.1 Å². The molecule has 68 heavy (non-hydrogen) atoms. The SMILES string of the molecule is NC(=O)[C@@H]1CNC(=O)c2ccccc2C(=O)C2CC[C@@H](c3ccccc3)CC[C@H]2C(=O)N[C@H](Cc2ccccc2)C(=O)N[C@@H](CCCN=C(N)N)C(=O)N[C@@H](Cc2c[nH]c3ccccc23)C(=O)N1. The molecule has 0 saturated heterocycles. The molecule has 1 fully saturated rings. The molecule has 2 aliphatic rings. The molecule has 354 valence electrons. The van der Waals surface area contributed by atoms with Crippen LogP contribution in [-0.2, 0) is 36.8 Å². The molecule has 6 amide bonds. The fourth-order valence-electron chi connectivity index (χ4n) is 9.26. The minimum absolute atomic E-state index is 0.00107. The molecule has 4 aromatic carbocycles. The Morgan fingerprint density at radius 3 is 1.91 bits per heavy atom. The summed E-state index contributed by atoms with van der Waals surface area (Å²) in [4.78, 5) is 108. The summed E-state index contributed by atoms with van der Waals surface area (Å²) >= 11 is 0. The van der Waals surface area contributed by atoms with Gasteiger partial charge < -0.3 is 48.8 Å². The molecule has 7 rings (SSSR count). The highest BCUT2D eigenvalue weighted by Gasteiger charge is 2.40. The third-order valence-corrected chi connectivity index (χ3v) is 12.9. The van der Waals surface area contributed by atoms with Crippen LogP contribution in [0.4, 0.5) is 0 Å². The molecular weight excluding hydrogens is 865 g/mol. The van der Waals surface area contributed by atoms with E-state index in [1.54, 1.807) is 30.5 Å². The number of para-hydroxylation sites is 1. The smallest absolute Gasteiger partial charge is 0.252 e. The Labute approximate surface area is 393 Å². The Morgan fingerprint density at radius 1 is 0.603 bits per heavy atom. The Balaban J connectivity index is 1.29. The number of nitrogens with zero attached hydrogens (tertiary/aromatic N) is 1. The number of carbonyl (C=O) groups excluding carboxylic acids is 7. The summed E-state index contributed by atoms with van der Waals surface area (Å²) in [5.74, 6) is -6.84. The summed E-state index contributed by atoms with van der Waals surface area (Å²) in [6.45, 7) is -0.350. The molecule has 1 aliphatic carbocycles. The molecule has 1 unspecified atom stereocenters. The number of nitrogens with two attached hydrogens (primary N) is 3. The second kappa shape index (κ2) is 22.6. The Kier molecular flexibility index (Phi) is 16.0. The number of H-pyrrole nitrogens is 1. The summed E-state index contributed by atoms with van der Waals surface area (Å²) in [6, 6.07) is 27.2. The van der Waals surface area contributed by atoms with Gasteiger partial charge in [-0.15, -0.1) is 0 Å². The number of amides is 6. The topological polar surface area (TPSA) is 286 Å². The summed E-state index contributed by atoms with van der Waals surface area (Å²) in [6.07, 6.45) is 3.65. The van der Waals surface area contributed by atoms with Gasteiger partial charge in [-0.25, -0.2) is 0 Å². The molecule has 5 aromatic rings. The van der Waals surface area contributed by atoms with Crippen LogP contribution >= 0.6 is 0 Å². The molecule has 1 aliphatic heterocycles. The van der Waals surface area contributed by atoms with Gasteiger partial charge in [-0.05, 0) is 73.3 Å². The van der Waals surface area contributed by atoms with Gasteiger partial charge in [-0.2, -0.15) is 0 Å². The standard InChI is InChI=1S/C51H58N10O7/c52-45(63)43-29-57-46(64)37-18-8-7-17-35(37)44(62)36-23-21-32(31-14-5-2-6-15-31)22-24-38(36)47(65)59-41(26-30-12-3-1-4-13-30)49(67)58-40(20-11-25-55-51(53)54)48(66)60-42(50(68)61-43)27-33-28-56-39-19-10-9-16-34(33)39/h1-10,12-19,28,32,36,38,40-43,56H,11,20-27,29H2,(H2,52,63)(H,57,64)(H,58,67)(H,59,65)(H,60,66)(H,61,68)(H4,53,54,55)/t32-,36?,38-,40+,41-,42+,43+/m1/s1. The molecular formula is C51H58N10O7. The second-order valence-corrected chi connectivity index (χ2v) is 17.4. The zero-order valence-electron chi connectivity index (χ0n) is 37.6. The van der Waals surface area contributed by atoms with E-state index in [1.807, 2.05) is 72.8 Å². The maximum absolute atomic E-state index is 14.9. The van der Waals surface area contributed by atoms with Crippen LogP contribution < -0.4 is 43.8 Å². The number of ketones is 1. The van der Waals surface area contributed by atoms with Crippen molar-refractivity contribution in [2.24, 2.45) is 34.0 Å². The number of carbonyl (C=O) groups is 7. The molecule has 17 heteroatoms. The number of hydrogen-bond acceptors (Lipinski definition) is 8. The highest BCUT2D eigenvalue weighted by molar-refractivity contribution is 6.10. The molecule has 2 heterocycles. The number of benzene rings is 4. The molecule has 1 aromatic heterocycles. The number of Topliss-reactive ketones (excluding diaryl/α,β-unsaturated/α-hetero) is 1. The van der Waals surface area contributed by atoms with E-state index in [1.165, 1.54) is 12.1 Å². The summed E-state index contributed by atoms with van der Waals surface area (Å²) in [5, 5.41) is 14.7. The number of guanidine groups is 1. The first-order valence-electron chi connectivity index (χ1n) is 23.0. The lowest BCUT2D eigenvalue weighted by Gasteiger charge is -2.29. The Morgan fingerprint density at radius 2 is 1.19 bits per heavy atom. The van der Waals surface area contributed by atoms with Crippen LogP contribution in [0.2, 0.25) is 0 Å². The third-order valence-electron chi connectivity index (χ3n) is 12.9. The molecule has 7 atom stereocenters. The Bertz CT molecular complexity index is 2650. The van der Waals surface area contributed by atoms with Crippen LogP contribution in [0, 0.1) is 11.8 Å². The number of rotatable bonds is 10. The Hall–Kier alpha value is -7.82. The molecule has 1 saturated carbocycles. The zero-order valence-corrected chi connectivity index (χ0v) is 37.6. The number of aromatic nitrogens is 1. The van der Waals surface area contributed by atoms with Gasteiger partial charge in [0.05, 0.1) is 5.56 Å². The van der Waals surface area contributed by atoms with Crippen molar-refractivity contribution in [1.29, 1.82) is 0 Å². The van der Waals surface area contributed by atoms with Crippen molar-refractivity contribution in [2.45, 2.75) is 81.5 Å². The van der Waals surface area contributed by atoms with Crippen molar-refractivity contribution in [3.05, 3.63) is 143 Å². The van der Waals surface area contributed by atoms with Gasteiger partial charge in [-0.1, -0.05) is 97.1 Å². The lowest BCUT2D eigenvalue weighted by Crippen LogP contribution is -2.60. The lowest BCUT2D eigenvalue weighted by atomic mass is 9.80. The van der Waals surface area contributed by atoms with E-state index in [4.69, 9.17) is 17.2 Å². The normalized spacial score (nSPS) is 23.3. The number of nitrogens with one attached hydrogen (secondary N) is 6. The summed E-state index contributed by atoms with van der Waals surface area (Å²) < 4.78 is 0. The van der Waals surface area contributed by atoms with Crippen LogP contribution in [0.25, 0.3) is 10.9 Å². The van der Waals surface area contributed by atoms with E-state index in [0.717, 1.165) is 16.5 Å². The molecule has 0 spiro atoms. The number of hydrogen-bond donors (Lipinski definition) is 9. The van der Waals surface area contributed by atoms with E-state index < -0.39 is 83.8 Å². The van der Waals surface area contributed by atoms with E-state index in [-0.39, 0.29) is 55.2 Å². The van der Waals surface area contributed by atoms with E-state index >= 15 is 0 Å². The minimum Gasteiger partial charge on any atom is -0.370 e. The highest BCUT2D eigenvalue weighted by atomic mass is 16.2. The van der Waals surface area contributed by atoms with Crippen LogP contribution in [0.3, 0.4) is 0 Å². The first-order chi connectivity index (χ1) is 32.9. The maximum atomic E-state index is 14.9. The van der Waals surface area contributed by atoms with Crippen molar-refractivity contribution in [1.82, 2.24) is 31.6 Å². The fourth-order valence-corrected chi connectivity index (χ4v) is 9.26. The maximum Gasteiger partial charge on any atom is 0.252 e. The third kappa shape index (κ3) is 12.1. The van der Waals surface area contributed by atoms with Crippen LogP contribution in [0.1, 0.15) is 81.8 Å². The number of aliphatic imine (C=N–C) groups is 1. The quantitative estimate of drug-likeness (QED) is 0.0565. The van der Waals surface area contributed by atoms with Crippen molar-refractivity contribution in [3.8, 4) is 0 Å². The van der Waals surface area contributed by atoms with E-state index in [0.29, 0.717) is 36.8 Å². The highest BCUT2D eigenvalue weighted by Crippen LogP contribution is 2.39. The predicted molar refractivity (Wildman–Crippen MR) is 257 cm³/mol. The molecule has 17 nitrogen and oxygen atoms in total. The summed E-state index contributed by atoms with van der Waals surface area (Å²) in [7, 11) is 0. The van der Waals surface area contributed by atoms with Gasteiger partial charge in [-0.3, -0.25) is 38.6 Å². The van der Waals surface area contributed by atoms with Crippen molar-refractivity contribution >= 4 is 58.1 Å². The number of aromatic amines is 1. The van der Waals surface area contributed by atoms with Crippen molar-refractivity contribution < 1.29 is 33.6 Å². The first kappa shape index (κ1) is 48.1. The zero-order chi connectivity index (χ0) is 48.2. The molecule has 12 N–H and O–H groups in total. The predicted octanol–water partition coefficient (Wildman–Crippen LogP) is 2.65. The van der Waals surface area contributed by atoms with Crippen LogP contribution in [-0.4, -0.2) is 89.4 Å². The lowest BCUT2D eigenvalue weighted by molar-refractivity contribution is -0.135. The monoisotopic (exact) mass is 922 g/mol. The van der Waals surface area contributed by atoms with E-state index in [2.05, 4.69) is 36.6 Å². The van der Waals surface area contributed by atoms with Gasteiger partial charge in [0.1, 0.15) is 24.2 Å². The van der Waals surface area contributed by atoms with Gasteiger partial charge >= 0.3 is 0 Å². The van der Waals surface area contributed by atoms with Gasteiger partial charge in [0.2, 0.25) is 29.5 Å². The minimum atomic E-state index is -1.46. The number of fused-ring (bicyclic) bond motifs is 3. The van der Waals surface area contributed by atoms with E-state index in [9.17, 15) is 33.6 Å².